The van der Waals surface area contributed by atoms with E-state index < -0.39 is 5.60 Å². The Balaban J connectivity index is 1.42. The van der Waals surface area contributed by atoms with Gasteiger partial charge in [-0.3, -0.25) is 0 Å². The number of hydrogen-bond acceptors (Lipinski definition) is 5. The molecule has 1 aliphatic carbocycles. The predicted octanol–water partition coefficient (Wildman–Crippen LogP) is 3.43. The lowest BCUT2D eigenvalue weighted by atomic mass is 9.81. The van der Waals surface area contributed by atoms with Crippen LogP contribution in [0.2, 0.25) is 0 Å². The van der Waals surface area contributed by atoms with Gasteiger partial charge in [0.1, 0.15) is 5.01 Å². The van der Waals surface area contributed by atoms with E-state index in [4.69, 9.17) is 0 Å². The normalized spacial score (nSPS) is 33.2. The molecule has 0 radical (unpaired) electrons. The van der Waals surface area contributed by atoms with Crippen molar-refractivity contribution in [2.45, 2.75) is 62.1 Å². The average Bonchev–Trinajstić information content (AvgIpc) is 3.24. The molecule has 1 saturated carbocycles. The first-order chi connectivity index (χ1) is 11.2. The zero-order chi connectivity index (χ0) is 15.4. The summed E-state index contributed by atoms with van der Waals surface area (Å²) < 4.78 is 0. The van der Waals surface area contributed by atoms with E-state index in [1.165, 1.54) is 17.8 Å². The molecule has 3 fully saturated rings. The molecule has 23 heavy (non-hydrogen) atoms. The van der Waals surface area contributed by atoms with Gasteiger partial charge in [-0.25, -0.2) is 0 Å². The Bertz CT molecular complexity index is 698. The molecule has 0 amide bonds. The van der Waals surface area contributed by atoms with Crippen LogP contribution < -0.4 is 4.90 Å². The van der Waals surface area contributed by atoms with Gasteiger partial charge in [-0.2, -0.15) is 0 Å². The Kier molecular flexibility index (Phi) is 3.04. The molecular formula is C18H21N3OS. The molecule has 5 rings (SSSR count). The van der Waals surface area contributed by atoms with Crippen molar-refractivity contribution < 1.29 is 5.11 Å². The first-order valence-electron chi connectivity index (χ1n) is 8.63. The van der Waals surface area contributed by atoms with Crippen LogP contribution in [0.25, 0.3) is 0 Å². The highest BCUT2D eigenvalue weighted by Crippen LogP contribution is 2.49. The Hall–Kier alpha value is -1.46. The molecule has 2 atom stereocenters. The van der Waals surface area contributed by atoms with Crippen LogP contribution in [-0.4, -0.2) is 27.4 Å². The number of piperidine rings is 1. The Labute approximate surface area is 140 Å². The SMILES string of the molecule is OC1(c2ccccc2)CC2CCC(C1)N2c1nnc(C2CC2)s1. The van der Waals surface area contributed by atoms with E-state index in [9.17, 15) is 5.11 Å². The van der Waals surface area contributed by atoms with E-state index in [1.807, 2.05) is 18.2 Å². The molecule has 2 saturated heterocycles. The van der Waals surface area contributed by atoms with Crippen LogP contribution in [0.4, 0.5) is 5.13 Å². The first-order valence-corrected chi connectivity index (χ1v) is 9.44. The van der Waals surface area contributed by atoms with Crippen LogP contribution in [0.1, 0.15) is 55.0 Å². The third kappa shape index (κ3) is 2.29. The Morgan fingerprint density at radius 3 is 2.35 bits per heavy atom. The lowest BCUT2D eigenvalue weighted by molar-refractivity contribution is -0.00305. The van der Waals surface area contributed by atoms with Crippen molar-refractivity contribution in [3.8, 4) is 0 Å². The van der Waals surface area contributed by atoms with Crippen LogP contribution in [0, 0.1) is 0 Å². The zero-order valence-electron chi connectivity index (χ0n) is 13.1. The van der Waals surface area contributed by atoms with Crippen molar-refractivity contribution in [1.29, 1.82) is 0 Å². The van der Waals surface area contributed by atoms with E-state index in [0.29, 0.717) is 18.0 Å². The van der Waals surface area contributed by atoms with Gasteiger partial charge in [0, 0.05) is 30.8 Å². The van der Waals surface area contributed by atoms with Gasteiger partial charge in [-0.05, 0) is 31.2 Å². The van der Waals surface area contributed by atoms with Crippen LogP contribution in [0.15, 0.2) is 30.3 Å². The predicted molar refractivity (Wildman–Crippen MR) is 90.7 cm³/mol. The van der Waals surface area contributed by atoms with Gasteiger partial charge in [0.25, 0.3) is 0 Å². The summed E-state index contributed by atoms with van der Waals surface area (Å²) in [5, 5.41) is 22.4. The minimum Gasteiger partial charge on any atom is -0.385 e. The lowest BCUT2D eigenvalue weighted by Crippen LogP contribution is -2.49. The molecule has 0 spiro atoms. The summed E-state index contributed by atoms with van der Waals surface area (Å²) in [4.78, 5) is 2.46. The Morgan fingerprint density at radius 2 is 1.70 bits per heavy atom. The molecule has 3 heterocycles. The Morgan fingerprint density at radius 1 is 1.00 bits per heavy atom. The highest BCUT2D eigenvalue weighted by molar-refractivity contribution is 7.15. The van der Waals surface area contributed by atoms with Gasteiger partial charge in [0.2, 0.25) is 5.13 Å². The summed E-state index contributed by atoms with van der Waals surface area (Å²) in [5.74, 6) is 0.671. The molecule has 3 aliphatic rings. The van der Waals surface area contributed by atoms with Crippen molar-refractivity contribution in [2.24, 2.45) is 0 Å². The molecule has 2 bridgehead atoms. The fourth-order valence-electron chi connectivity index (χ4n) is 4.35. The molecule has 1 aromatic heterocycles. The summed E-state index contributed by atoms with van der Waals surface area (Å²) in [6, 6.07) is 11.0. The maximum atomic E-state index is 11.2. The standard InChI is InChI=1S/C18H21N3OS/c22-18(13-4-2-1-3-5-13)10-14-8-9-15(11-18)21(14)17-20-19-16(23-17)12-6-7-12/h1-5,12,14-15,22H,6-11H2. The molecule has 120 valence electrons. The maximum absolute atomic E-state index is 11.2. The summed E-state index contributed by atoms with van der Waals surface area (Å²) >= 11 is 1.78. The second-order valence-corrected chi connectivity index (χ2v) is 8.28. The largest absolute Gasteiger partial charge is 0.385 e. The second kappa shape index (κ2) is 5.02. The summed E-state index contributed by atoms with van der Waals surface area (Å²) in [6.45, 7) is 0. The molecule has 1 N–H and O–H groups in total. The highest BCUT2D eigenvalue weighted by atomic mass is 32.1. The van der Waals surface area contributed by atoms with Crippen molar-refractivity contribution in [3.63, 3.8) is 0 Å². The number of benzene rings is 1. The topological polar surface area (TPSA) is 49.2 Å². The molecule has 5 heteroatoms. The van der Waals surface area contributed by atoms with Crippen molar-refractivity contribution in [1.82, 2.24) is 10.2 Å². The zero-order valence-corrected chi connectivity index (χ0v) is 13.9. The van der Waals surface area contributed by atoms with Gasteiger partial charge in [-0.1, -0.05) is 41.7 Å². The van der Waals surface area contributed by atoms with Crippen LogP contribution >= 0.6 is 11.3 Å². The molecule has 4 nitrogen and oxygen atoms in total. The van der Waals surface area contributed by atoms with Crippen LogP contribution in [-0.2, 0) is 5.60 Å². The summed E-state index contributed by atoms with van der Waals surface area (Å²) in [7, 11) is 0. The minimum absolute atomic E-state index is 0.388. The minimum atomic E-state index is -0.687. The molecule has 2 aliphatic heterocycles. The molecule has 1 aromatic carbocycles. The number of nitrogens with zero attached hydrogens (tertiary/aromatic N) is 3. The number of fused-ring (bicyclic) bond motifs is 2. The summed E-state index contributed by atoms with van der Waals surface area (Å²) in [5.41, 5.74) is 0.376. The second-order valence-electron chi connectivity index (χ2n) is 7.30. The van der Waals surface area contributed by atoms with Gasteiger partial charge >= 0.3 is 0 Å². The maximum Gasteiger partial charge on any atom is 0.208 e. The van der Waals surface area contributed by atoms with Crippen LogP contribution in [0.3, 0.4) is 0 Å². The number of aliphatic hydroxyl groups is 1. The van der Waals surface area contributed by atoms with Crippen molar-refractivity contribution in [3.05, 3.63) is 40.9 Å². The molecule has 2 unspecified atom stereocenters. The monoisotopic (exact) mass is 327 g/mol. The smallest absolute Gasteiger partial charge is 0.208 e. The summed E-state index contributed by atoms with van der Waals surface area (Å²) in [6.07, 6.45) is 6.44. The van der Waals surface area contributed by atoms with Gasteiger partial charge in [0.15, 0.2) is 0 Å². The average molecular weight is 327 g/mol. The van der Waals surface area contributed by atoms with Gasteiger partial charge < -0.3 is 10.0 Å². The fraction of sp³-hybridized carbons (Fsp3) is 0.556. The van der Waals surface area contributed by atoms with E-state index in [1.54, 1.807) is 11.3 Å². The van der Waals surface area contributed by atoms with E-state index in [0.717, 1.165) is 36.4 Å². The van der Waals surface area contributed by atoms with E-state index >= 15 is 0 Å². The molecule has 2 aromatic rings. The number of hydrogen-bond donors (Lipinski definition) is 1. The van der Waals surface area contributed by atoms with Crippen molar-refractivity contribution in [2.75, 3.05) is 4.90 Å². The van der Waals surface area contributed by atoms with E-state index in [-0.39, 0.29) is 0 Å². The van der Waals surface area contributed by atoms with Gasteiger partial charge in [-0.15, -0.1) is 10.2 Å². The lowest BCUT2D eigenvalue weighted by Gasteiger charge is -2.43. The highest BCUT2D eigenvalue weighted by Gasteiger charge is 2.49. The van der Waals surface area contributed by atoms with Crippen molar-refractivity contribution >= 4 is 16.5 Å². The third-order valence-electron chi connectivity index (χ3n) is 5.66. The molecular weight excluding hydrogens is 306 g/mol. The quantitative estimate of drug-likeness (QED) is 0.938. The number of aromatic nitrogens is 2. The number of anilines is 1. The fourth-order valence-corrected chi connectivity index (χ4v) is 5.50. The third-order valence-corrected chi connectivity index (χ3v) is 6.75. The van der Waals surface area contributed by atoms with Crippen LogP contribution in [0.5, 0.6) is 0 Å². The van der Waals surface area contributed by atoms with Gasteiger partial charge in [0.05, 0.1) is 5.60 Å². The van der Waals surface area contributed by atoms with E-state index in [2.05, 4.69) is 27.2 Å². The number of rotatable bonds is 3. The first kappa shape index (κ1) is 13.9.